The van der Waals surface area contributed by atoms with Crippen molar-refractivity contribution in [2.24, 2.45) is 11.3 Å². The number of fused-ring (bicyclic) bond motifs is 2. The van der Waals surface area contributed by atoms with Gasteiger partial charge in [0.25, 0.3) is 0 Å². The molecule has 1 N–H and O–H groups in total. The first-order valence-corrected chi connectivity index (χ1v) is 21.4. The molecule has 1 heterocycles. The summed E-state index contributed by atoms with van der Waals surface area (Å²) in [5.41, 5.74) is 9.30. The van der Waals surface area contributed by atoms with Crippen LogP contribution in [0.15, 0.2) is 60.0 Å². The second-order valence-electron chi connectivity index (χ2n) is 16.8. The van der Waals surface area contributed by atoms with Crippen molar-refractivity contribution in [1.29, 1.82) is 0 Å². The molecule has 1 aromatic heterocycles. The van der Waals surface area contributed by atoms with E-state index < -0.39 is 8.07 Å². The van der Waals surface area contributed by atoms with Crippen LogP contribution in [-0.4, -0.2) is 23.9 Å². The van der Waals surface area contributed by atoms with Crippen molar-refractivity contribution in [2.45, 2.75) is 138 Å². The van der Waals surface area contributed by atoms with Crippen molar-refractivity contribution in [3.63, 3.8) is 0 Å². The second-order valence-corrected chi connectivity index (χ2v) is 22.0. The molecule has 3 nitrogen and oxygen atoms in total. The number of ketones is 1. The van der Waals surface area contributed by atoms with Crippen molar-refractivity contribution in [3.05, 3.63) is 88.3 Å². The molecule has 50 heavy (non-hydrogen) atoms. The summed E-state index contributed by atoms with van der Waals surface area (Å²) < 4.78 is 0. The minimum absolute atomic E-state index is 0. The van der Waals surface area contributed by atoms with Crippen molar-refractivity contribution in [1.82, 2.24) is 4.98 Å². The van der Waals surface area contributed by atoms with Crippen LogP contribution in [0.25, 0.3) is 32.9 Å². The molecule has 0 aliphatic heterocycles. The molecule has 1 aliphatic rings. The van der Waals surface area contributed by atoms with Gasteiger partial charge in [-0.3, -0.25) is 9.78 Å². The van der Waals surface area contributed by atoms with Crippen LogP contribution in [-0.2, 0) is 30.3 Å². The van der Waals surface area contributed by atoms with E-state index in [1.54, 1.807) is 0 Å². The Balaban J connectivity index is 0.000000361. The number of aromatic nitrogens is 1. The summed E-state index contributed by atoms with van der Waals surface area (Å²) in [5.74, 6) is 0.616. The van der Waals surface area contributed by atoms with E-state index in [0.717, 1.165) is 34.9 Å². The van der Waals surface area contributed by atoms with Crippen LogP contribution in [0.5, 0.6) is 0 Å². The zero-order valence-corrected chi connectivity index (χ0v) is 36.3. The largest absolute Gasteiger partial charge is 0.517 e. The molecule has 1 saturated carbocycles. The molecule has 0 unspecified atom stereocenters. The fourth-order valence-electron chi connectivity index (χ4n) is 7.70. The molecular formula is C45H62IrNO2Si-. The number of hydrogen-bond acceptors (Lipinski definition) is 3. The Morgan fingerprint density at radius 3 is 2.16 bits per heavy atom. The predicted octanol–water partition coefficient (Wildman–Crippen LogP) is 13.2. The Labute approximate surface area is 318 Å². The summed E-state index contributed by atoms with van der Waals surface area (Å²) in [6, 6.07) is 24.8. The molecular weight excluding hydrogens is 807 g/mol. The van der Waals surface area contributed by atoms with Crippen LogP contribution < -0.4 is 0 Å². The number of pyridine rings is 1. The maximum absolute atomic E-state index is 11.5. The average Bonchev–Trinajstić information content (AvgIpc) is 3.04. The van der Waals surface area contributed by atoms with Gasteiger partial charge >= 0.3 is 0 Å². The van der Waals surface area contributed by atoms with Crippen molar-refractivity contribution in [3.8, 4) is 11.3 Å². The van der Waals surface area contributed by atoms with Crippen molar-refractivity contribution in [2.75, 3.05) is 0 Å². The Kier molecular flexibility index (Phi) is 14.1. The Hall–Kier alpha value is -2.59. The quantitative estimate of drug-likeness (QED) is 0.0831. The van der Waals surface area contributed by atoms with E-state index in [2.05, 4.69) is 124 Å². The standard InChI is InChI=1S/C33H38N.C12H24O2Si.Ir/c1-21-16-22(2)31-27(23-12-14-33(6,7)15-13-23)20-29(34-30(31)17-21)25-18-24-10-8-9-11-26(24)28(19-25)32(3,4)5;1-6-15(7-2,8-3)12(14)9-11(13)10(4)5;/h8-11,16-17,19-20,23H,12-15H2,1-7H3;9-10,14H,6-8H2,1-5H3;/q-1;;/b;12-9+;. The van der Waals surface area contributed by atoms with Crippen LogP contribution >= 0.6 is 0 Å². The van der Waals surface area contributed by atoms with Gasteiger partial charge in [0.05, 0.1) is 10.9 Å². The zero-order valence-electron chi connectivity index (χ0n) is 32.9. The average molecular weight is 869 g/mol. The van der Waals surface area contributed by atoms with Crippen molar-refractivity contribution >= 4 is 35.5 Å². The fraction of sp³-hybridized carbons (Fsp3) is 0.511. The summed E-state index contributed by atoms with van der Waals surface area (Å²) in [6.45, 7) is 26.2. The normalized spacial score (nSPS) is 15.5. The van der Waals surface area contributed by atoms with Gasteiger partial charge in [0.15, 0.2) is 5.78 Å². The number of aliphatic hydroxyl groups excluding tert-OH is 1. The van der Waals surface area contributed by atoms with Gasteiger partial charge in [-0.05, 0) is 79.0 Å². The summed E-state index contributed by atoms with van der Waals surface area (Å²) in [7, 11) is -1.73. The molecule has 1 fully saturated rings. The third-order valence-corrected chi connectivity index (χ3v) is 16.6. The molecule has 4 aromatic rings. The van der Waals surface area contributed by atoms with Gasteiger partial charge in [-0.25, -0.2) is 0 Å². The minimum Gasteiger partial charge on any atom is -0.517 e. The van der Waals surface area contributed by atoms with E-state index >= 15 is 0 Å². The molecule has 1 aliphatic carbocycles. The van der Waals surface area contributed by atoms with Crippen LogP contribution in [0.4, 0.5) is 0 Å². The molecule has 0 spiro atoms. The van der Waals surface area contributed by atoms with E-state index in [1.165, 1.54) is 70.2 Å². The van der Waals surface area contributed by atoms with Crippen molar-refractivity contribution < 1.29 is 30.0 Å². The zero-order chi connectivity index (χ0) is 36.3. The third kappa shape index (κ3) is 9.44. The van der Waals surface area contributed by atoms with Gasteiger partial charge in [-0.15, -0.1) is 29.1 Å². The number of aliphatic hydroxyl groups is 1. The monoisotopic (exact) mass is 869 g/mol. The smallest absolute Gasteiger partial charge is 0.161 e. The number of carbonyl (C=O) groups is 1. The van der Waals surface area contributed by atoms with Crippen LogP contribution in [0.2, 0.25) is 18.1 Å². The molecule has 1 radical (unpaired) electrons. The number of rotatable bonds is 8. The van der Waals surface area contributed by atoms with Gasteiger partial charge in [-0.2, -0.15) is 0 Å². The van der Waals surface area contributed by atoms with E-state index in [4.69, 9.17) is 4.98 Å². The fourth-order valence-corrected chi connectivity index (χ4v) is 10.7. The van der Waals surface area contributed by atoms with E-state index in [-0.39, 0.29) is 37.2 Å². The van der Waals surface area contributed by atoms with E-state index in [9.17, 15) is 9.90 Å². The molecule has 0 bridgehead atoms. The first kappa shape index (κ1) is 41.8. The summed E-state index contributed by atoms with van der Waals surface area (Å²) in [5, 5.41) is 14.3. The molecule has 5 heteroatoms. The van der Waals surface area contributed by atoms with Crippen LogP contribution in [0.3, 0.4) is 0 Å². The second kappa shape index (κ2) is 16.8. The topological polar surface area (TPSA) is 50.2 Å². The Morgan fingerprint density at radius 2 is 1.60 bits per heavy atom. The maximum Gasteiger partial charge on any atom is 0.161 e. The maximum atomic E-state index is 11.5. The summed E-state index contributed by atoms with van der Waals surface area (Å²) in [4.78, 5) is 16.8. The molecule has 0 atom stereocenters. The molecule has 5 rings (SSSR count). The predicted molar refractivity (Wildman–Crippen MR) is 214 cm³/mol. The minimum atomic E-state index is -1.73. The van der Waals surface area contributed by atoms with Gasteiger partial charge < -0.3 is 5.11 Å². The number of hydrogen-bond donors (Lipinski definition) is 1. The van der Waals surface area contributed by atoms with Gasteiger partial charge in [0, 0.05) is 43.2 Å². The first-order chi connectivity index (χ1) is 22.9. The van der Waals surface area contributed by atoms with Crippen LogP contribution in [0, 0.1) is 31.2 Å². The van der Waals surface area contributed by atoms with Gasteiger partial charge in [0.1, 0.15) is 8.07 Å². The van der Waals surface area contributed by atoms with Gasteiger partial charge in [0.2, 0.25) is 0 Å². The first-order valence-electron chi connectivity index (χ1n) is 18.8. The summed E-state index contributed by atoms with van der Waals surface area (Å²) in [6.07, 6.45) is 6.57. The molecule has 0 amide bonds. The number of nitrogens with zero attached hydrogens (tertiary/aromatic N) is 1. The Morgan fingerprint density at radius 1 is 1.00 bits per heavy atom. The Bertz CT molecular complexity index is 1810. The van der Waals surface area contributed by atoms with Gasteiger partial charge in [-0.1, -0.05) is 129 Å². The van der Waals surface area contributed by atoms with E-state index in [0.29, 0.717) is 16.7 Å². The number of allylic oxidation sites excluding steroid dienone is 1. The number of aryl methyl sites for hydroxylation is 2. The van der Waals surface area contributed by atoms with E-state index in [1.807, 2.05) is 13.8 Å². The molecule has 3 aromatic carbocycles. The molecule has 273 valence electrons. The summed E-state index contributed by atoms with van der Waals surface area (Å²) >= 11 is 0. The van der Waals surface area contributed by atoms with Crippen LogP contribution in [0.1, 0.15) is 123 Å². The number of benzene rings is 3. The number of carbonyl (C=O) groups excluding carboxylic acids is 1. The SMILES string of the molecule is CC[Si](CC)(CC)/C(O)=C/C(=O)C(C)C.Cc1cc(C)c2c(C3CCC(C)(C)CC3)cc(-c3[c-]c4ccccc4c(C(C)(C)C)c3)nc2c1.[Ir]. The molecule has 0 saturated heterocycles. The third-order valence-electron chi connectivity index (χ3n) is 11.3.